The van der Waals surface area contributed by atoms with E-state index in [1.54, 1.807) is 0 Å². The molecule has 0 heterocycles. The summed E-state index contributed by atoms with van der Waals surface area (Å²) in [6.07, 6.45) is 14.1. The van der Waals surface area contributed by atoms with E-state index in [1.165, 1.54) is 44.9 Å². The monoisotopic (exact) mass is 294 g/mol. The van der Waals surface area contributed by atoms with E-state index < -0.39 is 0 Å². The molecule has 0 radical (unpaired) electrons. The predicted molar refractivity (Wildman–Crippen MR) is 101 cm³/mol. The number of allylic oxidation sites excluding steroid dienone is 2. The van der Waals surface area contributed by atoms with Gasteiger partial charge in [0.2, 0.25) is 0 Å². The molecule has 0 aliphatic rings. The van der Waals surface area contributed by atoms with Crippen LogP contribution in [0, 0.1) is 23.7 Å². The second-order valence-corrected chi connectivity index (χ2v) is 6.87. The van der Waals surface area contributed by atoms with Gasteiger partial charge in [-0.25, -0.2) is 0 Å². The summed E-state index contributed by atoms with van der Waals surface area (Å²) in [6, 6.07) is 0. The molecule has 0 saturated carbocycles. The minimum absolute atomic E-state index is 0.889. The Morgan fingerprint density at radius 3 is 1.67 bits per heavy atom. The molecule has 4 atom stereocenters. The molecule has 4 unspecified atom stereocenters. The Kier molecular flexibility index (Phi) is 17.2. The van der Waals surface area contributed by atoms with E-state index >= 15 is 0 Å². The van der Waals surface area contributed by atoms with Gasteiger partial charge in [0, 0.05) is 0 Å². The van der Waals surface area contributed by atoms with Crippen LogP contribution in [0.2, 0.25) is 0 Å². The van der Waals surface area contributed by atoms with Gasteiger partial charge in [-0.05, 0) is 43.4 Å². The van der Waals surface area contributed by atoms with Crippen LogP contribution < -0.4 is 0 Å². The van der Waals surface area contributed by atoms with Crippen molar-refractivity contribution in [2.24, 2.45) is 23.7 Å². The zero-order valence-corrected chi connectivity index (χ0v) is 15.8. The molecule has 0 heteroatoms. The van der Waals surface area contributed by atoms with Gasteiger partial charge >= 0.3 is 0 Å². The number of rotatable bonds is 11. The Balaban J connectivity index is 0. The van der Waals surface area contributed by atoms with Crippen molar-refractivity contribution in [2.45, 2.75) is 86.5 Å². The normalized spacial score (nSPS) is 16.9. The average Bonchev–Trinajstić information content (AvgIpc) is 2.51. The molecule has 21 heavy (non-hydrogen) atoms. The molecule has 0 spiro atoms. The minimum atomic E-state index is 0.889. The van der Waals surface area contributed by atoms with Crippen molar-refractivity contribution in [2.75, 3.05) is 0 Å². The van der Waals surface area contributed by atoms with E-state index in [9.17, 15) is 0 Å². The summed E-state index contributed by atoms with van der Waals surface area (Å²) in [4.78, 5) is 0. The highest BCUT2D eigenvalue weighted by Gasteiger charge is 2.14. The highest BCUT2D eigenvalue weighted by molar-refractivity contribution is 4.77. The van der Waals surface area contributed by atoms with Crippen LogP contribution in [0.4, 0.5) is 0 Å². The second kappa shape index (κ2) is 15.9. The lowest BCUT2D eigenvalue weighted by Crippen LogP contribution is -2.11. The van der Waals surface area contributed by atoms with Crippen LogP contribution in [0.1, 0.15) is 86.5 Å². The molecule has 0 aliphatic carbocycles. The van der Waals surface area contributed by atoms with Crippen molar-refractivity contribution in [3.8, 4) is 0 Å². The Bertz CT molecular complexity index is 228. The first-order valence-electron chi connectivity index (χ1n) is 9.12. The van der Waals surface area contributed by atoms with Gasteiger partial charge in [0.1, 0.15) is 0 Å². The Morgan fingerprint density at radius 1 is 0.762 bits per heavy atom. The molecule has 0 saturated heterocycles. The van der Waals surface area contributed by atoms with E-state index in [2.05, 4.69) is 66.9 Å². The summed E-state index contributed by atoms with van der Waals surface area (Å²) in [6.45, 7) is 20.1. The smallest absolute Gasteiger partial charge is 0.0348 e. The predicted octanol–water partition coefficient (Wildman–Crippen LogP) is 7.66. The number of hydrogen-bond acceptors (Lipinski definition) is 0. The van der Waals surface area contributed by atoms with E-state index in [4.69, 9.17) is 0 Å². The fourth-order valence-electron chi connectivity index (χ4n) is 2.56. The van der Waals surface area contributed by atoms with Gasteiger partial charge in [0.05, 0.1) is 0 Å². The first-order chi connectivity index (χ1) is 10.0. The van der Waals surface area contributed by atoms with Gasteiger partial charge in [0.25, 0.3) is 0 Å². The fraction of sp³-hybridized carbons (Fsp3) is 0.810. The minimum Gasteiger partial charge on any atom is -0.106 e. The van der Waals surface area contributed by atoms with Gasteiger partial charge < -0.3 is 0 Å². The van der Waals surface area contributed by atoms with Gasteiger partial charge in [0.15, 0.2) is 0 Å². The Hall–Kier alpha value is -0.520. The molecular formula is C21H42. The average molecular weight is 295 g/mol. The molecule has 0 N–H and O–H groups in total. The third kappa shape index (κ3) is 14.2. The summed E-state index contributed by atoms with van der Waals surface area (Å²) in [5, 5.41) is 0. The maximum absolute atomic E-state index is 3.00. The first kappa shape index (κ1) is 22.8. The lowest BCUT2D eigenvalue weighted by Gasteiger charge is -2.22. The third-order valence-electron chi connectivity index (χ3n) is 4.96. The van der Waals surface area contributed by atoms with Crippen molar-refractivity contribution in [1.29, 1.82) is 0 Å². The van der Waals surface area contributed by atoms with Crippen LogP contribution in [0.5, 0.6) is 0 Å². The molecule has 0 rings (SSSR count). The molecule has 0 aromatic rings. The van der Waals surface area contributed by atoms with E-state index in [1.807, 2.05) is 0 Å². The summed E-state index contributed by atoms with van der Waals surface area (Å²) in [7, 11) is 0. The van der Waals surface area contributed by atoms with Crippen molar-refractivity contribution < 1.29 is 0 Å². The van der Waals surface area contributed by atoms with Crippen molar-refractivity contribution >= 4 is 0 Å². The lowest BCUT2D eigenvalue weighted by molar-refractivity contribution is 0.292. The zero-order valence-electron chi connectivity index (χ0n) is 15.8. The Morgan fingerprint density at radius 2 is 1.24 bits per heavy atom. The second-order valence-electron chi connectivity index (χ2n) is 6.87. The lowest BCUT2D eigenvalue weighted by atomic mass is 9.83. The largest absolute Gasteiger partial charge is 0.106 e. The SMILES string of the molecule is C/C=C/CCC(C)CCC(C)C(C)CCC(C)CC.C=C. The summed E-state index contributed by atoms with van der Waals surface area (Å²) in [5.41, 5.74) is 0. The van der Waals surface area contributed by atoms with Crippen LogP contribution in [-0.4, -0.2) is 0 Å². The van der Waals surface area contributed by atoms with E-state index in [0.717, 1.165) is 23.7 Å². The Labute approximate surface area is 136 Å². The maximum atomic E-state index is 3.00. The zero-order chi connectivity index (χ0) is 16.7. The standard InChI is InChI=1S/C19H38.C2H4/c1-7-9-10-11-17(4)13-15-19(6)18(5)14-12-16(3)8-2;1-2/h7,9,16-19H,8,10-15H2,1-6H3;1-2H2/b9-7+;. The summed E-state index contributed by atoms with van der Waals surface area (Å²) >= 11 is 0. The highest BCUT2D eigenvalue weighted by Crippen LogP contribution is 2.26. The molecule has 0 nitrogen and oxygen atoms in total. The molecule has 0 aromatic heterocycles. The van der Waals surface area contributed by atoms with Crippen LogP contribution in [0.15, 0.2) is 25.3 Å². The van der Waals surface area contributed by atoms with Gasteiger partial charge in [-0.1, -0.05) is 78.9 Å². The fourth-order valence-corrected chi connectivity index (χ4v) is 2.56. The van der Waals surface area contributed by atoms with Crippen molar-refractivity contribution in [3.05, 3.63) is 25.3 Å². The van der Waals surface area contributed by atoms with Gasteiger partial charge in [-0.2, -0.15) is 0 Å². The molecule has 0 bridgehead atoms. The molecule has 126 valence electrons. The highest BCUT2D eigenvalue weighted by atomic mass is 14.2. The summed E-state index contributed by atoms with van der Waals surface area (Å²) in [5.74, 6) is 3.60. The van der Waals surface area contributed by atoms with Crippen LogP contribution in [-0.2, 0) is 0 Å². The van der Waals surface area contributed by atoms with Crippen molar-refractivity contribution in [3.63, 3.8) is 0 Å². The molecular weight excluding hydrogens is 252 g/mol. The topological polar surface area (TPSA) is 0 Å². The van der Waals surface area contributed by atoms with Crippen LogP contribution in [0.25, 0.3) is 0 Å². The van der Waals surface area contributed by atoms with E-state index in [0.29, 0.717) is 0 Å². The van der Waals surface area contributed by atoms with Crippen LogP contribution >= 0.6 is 0 Å². The van der Waals surface area contributed by atoms with Gasteiger partial charge in [-0.3, -0.25) is 0 Å². The molecule has 0 amide bonds. The van der Waals surface area contributed by atoms with Crippen LogP contribution in [0.3, 0.4) is 0 Å². The number of hydrogen-bond donors (Lipinski definition) is 0. The molecule has 0 aromatic carbocycles. The quantitative estimate of drug-likeness (QED) is 0.343. The molecule has 0 fully saturated rings. The van der Waals surface area contributed by atoms with Gasteiger partial charge in [-0.15, -0.1) is 13.2 Å². The third-order valence-corrected chi connectivity index (χ3v) is 4.96. The maximum Gasteiger partial charge on any atom is -0.0348 e. The first-order valence-corrected chi connectivity index (χ1v) is 9.12. The summed E-state index contributed by atoms with van der Waals surface area (Å²) < 4.78 is 0. The van der Waals surface area contributed by atoms with Crippen molar-refractivity contribution in [1.82, 2.24) is 0 Å². The van der Waals surface area contributed by atoms with E-state index in [-0.39, 0.29) is 0 Å². The molecule has 0 aliphatic heterocycles.